The molecule has 0 fully saturated rings. The maximum Gasteiger partial charge on any atom is 0.255 e. The lowest BCUT2D eigenvalue weighted by Gasteiger charge is -2.03. The maximum atomic E-state index is 12.0. The predicted molar refractivity (Wildman–Crippen MR) is 84.2 cm³/mol. The Morgan fingerprint density at radius 2 is 2.00 bits per heavy atom. The van der Waals surface area contributed by atoms with Crippen LogP contribution in [0.15, 0.2) is 53.4 Å². The second-order valence-corrected chi connectivity index (χ2v) is 5.66. The van der Waals surface area contributed by atoms with E-state index in [1.165, 1.54) is 5.56 Å². The summed E-state index contributed by atoms with van der Waals surface area (Å²) in [6, 6.07) is 12.3. The van der Waals surface area contributed by atoms with E-state index in [2.05, 4.69) is 36.5 Å². The van der Waals surface area contributed by atoms with E-state index in [1.807, 2.05) is 29.7 Å². The summed E-state index contributed by atoms with van der Waals surface area (Å²) >= 11 is 1.63. The first-order valence-corrected chi connectivity index (χ1v) is 7.52. The van der Waals surface area contributed by atoms with Crippen molar-refractivity contribution < 1.29 is 4.79 Å². The minimum absolute atomic E-state index is 0.0343. The zero-order valence-electron chi connectivity index (χ0n) is 11.2. The van der Waals surface area contributed by atoms with Crippen LogP contribution in [-0.2, 0) is 11.2 Å². The Morgan fingerprint density at radius 1 is 1.20 bits per heavy atom. The molecule has 0 spiro atoms. The molecule has 1 N–H and O–H groups in total. The van der Waals surface area contributed by atoms with Crippen LogP contribution in [0.4, 0.5) is 0 Å². The Morgan fingerprint density at radius 3 is 2.65 bits per heavy atom. The van der Waals surface area contributed by atoms with Gasteiger partial charge in [0.2, 0.25) is 0 Å². The van der Waals surface area contributed by atoms with Gasteiger partial charge in [-0.05, 0) is 41.1 Å². The molecule has 3 rings (SSSR count). The molecule has 1 aromatic heterocycles. The molecule has 0 radical (unpaired) electrons. The van der Waals surface area contributed by atoms with Gasteiger partial charge in [0.25, 0.3) is 5.91 Å². The highest BCUT2D eigenvalue weighted by molar-refractivity contribution is 7.10. The molecule has 0 atom stereocenters. The van der Waals surface area contributed by atoms with E-state index in [0.717, 1.165) is 22.6 Å². The second kappa shape index (κ2) is 5.47. The standard InChI is InChI=1S/C17H15NOS/c1-2-12-5-7-13(8-6-12)16-11-14(17(19)18-16)10-15-4-3-9-20-15/h3-11H,2H2,1H3,(H,18,19)/b14-10+. The van der Waals surface area contributed by atoms with Gasteiger partial charge in [0, 0.05) is 16.1 Å². The number of hydrogen-bond acceptors (Lipinski definition) is 2. The number of hydrogen-bond donors (Lipinski definition) is 1. The maximum absolute atomic E-state index is 12.0. The summed E-state index contributed by atoms with van der Waals surface area (Å²) < 4.78 is 0. The lowest BCUT2D eigenvalue weighted by molar-refractivity contribution is -0.115. The second-order valence-electron chi connectivity index (χ2n) is 4.68. The van der Waals surface area contributed by atoms with Crippen LogP contribution in [-0.4, -0.2) is 5.91 Å². The topological polar surface area (TPSA) is 29.1 Å². The average molecular weight is 281 g/mol. The van der Waals surface area contributed by atoms with E-state index in [-0.39, 0.29) is 5.91 Å². The van der Waals surface area contributed by atoms with Crippen LogP contribution in [0, 0.1) is 0 Å². The molecule has 0 aliphatic carbocycles. The predicted octanol–water partition coefficient (Wildman–Crippen LogP) is 3.86. The molecule has 0 saturated heterocycles. The minimum atomic E-state index is -0.0343. The van der Waals surface area contributed by atoms with Crippen molar-refractivity contribution in [3.8, 4) is 0 Å². The van der Waals surface area contributed by atoms with Crippen molar-refractivity contribution in [3.05, 3.63) is 69.4 Å². The van der Waals surface area contributed by atoms with Gasteiger partial charge in [0.15, 0.2) is 0 Å². The van der Waals surface area contributed by atoms with Crippen LogP contribution in [0.5, 0.6) is 0 Å². The summed E-state index contributed by atoms with van der Waals surface area (Å²) in [4.78, 5) is 13.1. The molecule has 1 aliphatic heterocycles. The molecular formula is C17H15NOS. The van der Waals surface area contributed by atoms with Gasteiger partial charge >= 0.3 is 0 Å². The lowest BCUT2D eigenvalue weighted by atomic mass is 10.1. The molecule has 0 unspecified atom stereocenters. The molecule has 100 valence electrons. The zero-order chi connectivity index (χ0) is 13.9. The van der Waals surface area contributed by atoms with E-state index in [4.69, 9.17) is 0 Å². The first-order chi connectivity index (χ1) is 9.76. The third-order valence-electron chi connectivity index (χ3n) is 3.32. The smallest absolute Gasteiger partial charge is 0.255 e. The Hall–Kier alpha value is -2.13. The van der Waals surface area contributed by atoms with Crippen molar-refractivity contribution in [3.63, 3.8) is 0 Å². The van der Waals surface area contributed by atoms with Crippen molar-refractivity contribution in [1.29, 1.82) is 0 Å². The Labute approximate surface area is 122 Å². The third-order valence-corrected chi connectivity index (χ3v) is 4.14. The van der Waals surface area contributed by atoms with Crippen molar-refractivity contribution in [1.82, 2.24) is 5.32 Å². The van der Waals surface area contributed by atoms with Crippen LogP contribution < -0.4 is 5.32 Å². The van der Waals surface area contributed by atoms with Crippen molar-refractivity contribution in [2.45, 2.75) is 13.3 Å². The number of carbonyl (C=O) groups is 1. The number of thiophene rings is 1. The molecular weight excluding hydrogens is 266 g/mol. The number of amides is 1. The molecule has 2 nitrogen and oxygen atoms in total. The van der Waals surface area contributed by atoms with Crippen LogP contribution in [0.3, 0.4) is 0 Å². The first kappa shape index (κ1) is 12.9. The first-order valence-electron chi connectivity index (χ1n) is 6.64. The highest BCUT2D eigenvalue weighted by Gasteiger charge is 2.18. The fraction of sp³-hybridized carbons (Fsp3) is 0.118. The highest BCUT2D eigenvalue weighted by atomic mass is 32.1. The highest BCUT2D eigenvalue weighted by Crippen LogP contribution is 2.23. The SMILES string of the molecule is CCc1ccc(C2=C/C(=C\c3cccs3)C(=O)N2)cc1. The number of rotatable bonds is 3. The van der Waals surface area contributed by atoms with Crippen LogP contribution in [0.2, 0.25) is 0 Å². The van der Waals surface area contributed by atoms with Crippen molar-refractivity contribution in [2.24, 2.45) is 0 Å². The quantitative estimate of drug-likeness (QED) is 0.850. The molecule has 0 saturated carbocycles. The fourth-order valence-corrected chi connectivity index (χ4v) is 2.83. The van der Waals surface area contributed by atoms with E-state index < -0.39 is 0 Å². The molecule has 1 amide bonds. The normalized spacial score (nSPS) is 16.4. The lowest BCUT2D eigenvalue weighted by Crippen LogP contribution is -2.15. The van der Waals surface area contributed by atoms with Crippen molar-refractivity contribution >= 4 is 29.0 Å². The fourth-order valence-electron chi connectivity index (χ4n) is 2.16. The summed E-state index contributed by atoms with van der Waals surface area (Å²) in [5.41, 5.74) is 3.93. The average Bonchev–Trinajstić information content (AvgIpc) is 3.10. The molecule has 20 heavy (non-hydrogen) atoms. The van der Waals surface area contributed by atoms with Gasteiger partial charge in [-0.1, -0.05) is 37.3 Å². The Balaban J connectivity index is 1.89. The zero-order valence-corrected chi connectivity index (χ0v) is 12.0. The third kappa shape index (κ3) is 2.58. The van der Waals surface area contributed by atoms with E-state index >= 15 is 0 Å². The number of carbonyl (C=O) groups excluding carboxylic acids is 1. The largest absolute Gasteiger partial charge is 0.321 e. The van der Waals surface area contributed by atoms with E-state index in [1.54, 1.807) is 11.3 Å². The molecule has 2 heterocycles. The summed E-state index contributed by atoms with van der Waals surface area (Å²) in [6.07, 6.45) is 4.87. The van der Waals surface area contributed by atoms with Crippen LogP contribution in [0.1, 0.15) is 22.9 Å². The summed E-state index contributed by atoms with van der Waals surface area (Å²) in [6.45, 7) is 2.13. The monoisotopic (exact) mass is 281 g/mol. The van der Waals surface area contributed by atoms with Gasteiger partial charge in [0.1, 0.15) is 0 Å². The molecule has 1 aromatic carbocycles. The molecule has 2 aromatic rings. The summed E-state index contributed by atoms with van der Waals surface area (Å²) in [5, 5.41) is 4.94. The summed E-state index contributed by atoms with van der Waals surface area (Å²) in [7, 11) is 0. The van der Waals surface area contributed by atoms with Crippen molar-refractivity contribution in [2.75, 3.05) is 0 Å². The van der Waals surface area contributed by atoms with Gasteiger partial charge < -0.3 is 5.32 Å². The number of benzene rings is 1. The summed E-state index contributed by atoms with van der Waals surface area (Å²) in [5.74, 6) is -0.0343. The molecule has 0 bridgehead atoms. The number of aryl methyl sites for hydroxylation is 1. The van der Waals surface area contributed by atoms with Gasteiger partial charge in [-0.15, -0.1) is 11.3 Å². The van der Waals surface area contributed by atoms with E-state index in [9.17, 15) is 4.79 Å². The van der Waals surface area contributed by atoms with Gasteiger partial charge in [-0.3, -0.25) is 4.79 Å². The Bertz CT molecular complexity index is 678. The molecule has 3 heteroatoms. The van der Waals surface area contributed by atoms with Gasteiger partial charge in [-0.25, -0.2) is 0 Å². The van der Waals surface area contributed by atoms with Gasteiger partial charge in [0.05, 0.1) is 0 Å². The molecule has 1 aliphatic rings. The van der Waals surface area contributed by atoms with Crippen LogP contribution in [0.25, 0.3) is 11.8 Å². The van der Waals surface area contributed by atoms with Gasteiger partial charge in [-0.2, -0.15) is 0 Å². The van der Waals surface area contributed by atoms with Crippen LogP contribution >= 0.6 is 11.3 Å². The number of nitrogens with one attached hydrogen (secondary N) is 1. The van der Waals surface area contributed by atoms with E-state index in [0.29, 0.717) is 5.57 Å². The minimum Gasteiger partial charge on any atom is -0.321 e. The Kier molecular flexibility index (Phi) is 3.52.